The molecule has 150 valence electrons. The number of nitrogens with one attached hydrogen (secondary N) is 1. The maximum absolute atomic E-state index is 13.3. The SMILES string of the molecule is Cc1ccc(S(=O)(=O)C(CNC(=O)c2ccc(Cl)c(Cl)c2)c2cccnc2)cc1. The molecule has 0 saturated heterocycles. The molecule has 1 atom stereocenters. The minimum Gasteiger partial charge on any atom is -0.350 e. The predicted octanol–water partition coefficient (Wildman–Crippen LogP) is 4.64. The van der Waals surface area contributed by atoms with E-state index in [-0.39, 0.29) is 22.0 Å². The minimum absolute atomic E-state index is 0.124. The molecule has 5 nitrogen and oxygen atoms in total. The van der Waals surface area contributed by atoms with Crippen LogP contribution in [-0.4, -0.2) is 25.9 Å². The van der Waals surface area contributed by atoms with Crippen molar-refractivity contribution in [2.45, 2.75) is 17.1 Å². The van der Waals surface area contributed by atoms with Gasteiger partial charge in [0, 0.05) is 24.5 Å². The van der Waals surface area contributed by atoms with E-state index in [0.29, 0.717) is 10.6 Å². The normalized spacial score (nSPS) is 12.4. The van der Waals surface area contributed by atoms with Gasteiger partial charge in [0.25, 0.3) is 5.91 Å². The van der Waals surface area contributed by atoms with E-state index < -0.39 is 21.0 Å². The van der Waals surface area contributed by atoms with Crippen LogP contribution in [-0.2, 0) is 9.84 Å². The van der Waals surface area contributed by atoms with Crippen LogP contribution in [0.2, 0.25) is 10.0 Å². The number of pyridine rings is 1. The zero-order chi connectivity index (χ0) is 21.0. The van der Waals surface area contributed by atoms with Gasteiger partial charge in [0.05, 0.1) is 14.9 Å². The third-order valence-corrected chi connectivity index (χ3v) is 7.27. The summed E-state index contributed by atoms with van der Waals surface area (Å²) in [4.78, 5) is 16.7. The molecule has 8 heteroatoms. The monoisotopic (exact) mass is 448 g/mol. The van der Waals surface area contributed by atoms with Crippen molar-refractivity contribution >= 4 is 38.9 Å². The first-order valence-electron chi connectivity index (χ1n) is 8.73. The van der Waals surface area contributed by atoms with Gasteiger partial charge < -0.3 is 5.32 Å². The number of nitrogens with zero attached hydrogens (tertiary/aromatic N) is 1. The lowest BCUT2D eigenvalue weighted by Crippen LogP contribution is -2.32. The topological polar surface area (TPSA) is 76.1 Å². The van der Waals surface area contributed by atoms with E-state index >= 15 is 0 Å². The van der Waals surface area contributed by atoms with Gasteiger partial charge in [0.15, 0.2) is 9.84 Å². The number of aryl methyl sites for hydroxylation is 1. The van der Waals surface area contributed by atoms with Crippen LogP contribution in [0, 0.1) is 6.92 Å². The fourth-order valence-electron chi connectivity index (χ4n) is 2.79. The number of aromatic nitrogens is 1. The molecule has 3 rings (SSSR count). The molecule has 1 heterocycles. The van der Waals surface area contributed by atoms with Crippen LogP contribution in [0.1, 0.15) is 26.7 Å². The Morgan fingerprint density at radius 3 is 2.41 bits per heavy atom. The summed E-state index contributed by atoms with van der Waals surface area (Å²) >= 11 is 11.8. The number of amides is 1. The molecule has 0 aliphatic carbocycles. The van der Waals surface area contributed by atoms with Gasteiger partial charge in [-0.15, -0.1) is 0 Å². The smallest absolute Gasteiger partial charge is 0.251 e. The van der Waals surface area contributed by atoms with E-state index in [2.05, 4.69) is 10.3 Å². The van der Waals surface area contributed by atoms with E-state index in [1.807, 2.05) is 6.92 Å². The summed E-state index contributed by atoms with van der Waals surface area (Å²) in [6, 6.07) is 14.4. The van der Waals surface area contributed by atoms with Crippen LogP contribution < -0.4 is 5.32 Å². The predicted molar refractivity (Wildman–Crippen MR) is 114 cm³/mol. The lowest BCUT2D eigenvalue weighted by Gasteiger charge is -2.19. The summed E-state index contributed by atoms with van der Waals surface area (Å²) in [5.41, 5.74) is 1.73. The molecular weight excluding hydrogens is 431 g/mol. The second-order valence-corrected chi connectivity index (χ2v) is 9.42. The molecular formula is C21H18Cl2N2O3S. The van der Waals surface area contributed by atoms with Crippen molar-refractivity contribution in [2.24, 2.45) is 0 Å². The molecule has 0 spiro atoms. The van der Waals surface area contributed by atoms with E-state index in [1.165, 1.54) is 24.4 Å². The zero-order valence-electron chi connectivity index (χ0n) is 15.5. The van der Waals surface area contributed by atoms with Crippen LogP contribution in [0.3, 0.4) is 0 Å². The Labute approximate surface area is 179 Å². The molecule has 2 aromatic carbocycles. The zero-order valence-corrected chi connectivity index (χ0v) is 17.8. The molecule has 0 fully saturated rings. The molecule has 29 heavy (non-hydrogen) atoms. The van der Waals surface area contributed by atoms with Crippen LogP contribution in [0.4, 0.5) is 0 Å². The molecule has 0 bridgehead atoms. The van der Waals surface area contributed by atoms with Crippen LogP contribution >= 0.6 is 23.2 Å². The first-order chi connectivity index (χ1) is 13.8. The van der Waals surface area contributed by atoms with Crippen LogP contribution in [0.25, 0.3) is 0 Å². The summed E-state index contributed by atoms with van der Waals surface area (Å²) in [5, 5.41) is 2.27. The van der Waals surface area contributed by atoms with Gasteiger partial charge >= 0.3 is 0 Å². The average molecular weight is 449 g/mol. The Morgan fingerprint density at radius 1 is 1.07 bits per heavy atom. The fourth-order valence-corrected chi connectivity index (χ4v) is 4.73. The van der Waals surface area contributed by atoms with Crippen molar-refractivity contribution in [3.63, 3.8) is 0 Å². The van der Waals surface area contributed by atoms with Crippen molar-refractivity contribution in [1.82, 2.24) is 10.3 Å². The Kier molecular flexibility index (Phi) is 6.57. The molecule has 3 aromatic rings. The maximum Gasteiger partial charge on any atom is 0.251 e. The number of carbonyl (C=O) groups is 1. The second kappa shape index (κ2) is 8.95. The summed E-state index contributed by atoms with van der Waals surface area (Å²) in [6.07, 6.45) is 3.05. The molecule has 1 aromatic heterocycles. The molecule has 1 N–H and O–H groups in total. The van der Waals surface area contributed by atoms with E-state index in [0.717, 1.165) is 5.56 Å². The van der Waals surface area contributed by atoms with Gasteiger partial charge in [-0.05, 0) is 48.9 Å². The molecule has 1 unspecified atom stereocenters. The van der Waals surface area contributed by atoms with Crippen molar-refractivity contribution in [2.75, 3.05) is 6.54 Å². The molecule has 0 aliphatic rings. The Morgan fingerprint density at radius 2 is 1.79 bits per heavy atom. The summed E-state index contributed by atoms with van der Waals surface area (Å²) in [5.74, 6) is -0.448. The number of hydrogen-bond acceptors (Lipinski definition) is 4. The van der Waals surface area contributed by atoms with E-state index in [1.54, 1.807) is 42.6 Å². The fraction of sp³-hybridized carbons (Fsp3) is 0.143. The van der Waals surface area contributed by atoms with E-state index in [9.17, 15) is 13.2 Å². The number of carbonyl (C=O) groups excluding carboxylic acids is 1. The van der Waals surface area contributed by atoms with Crippen molar-refractivity contribution in [3.05, 3.63) is 93.7 Å². The quantitative estimate of drug-likeness (QED) is 0.595. The first kappa shape index (κ1) is 21.3. The van der Waals surface area contributed by atoms with Gasteiger partial charge in [-0.25, -0.2) is 8.42 Å². The van der Waals surface area contributed by atoms with Crippen molar-refractivity contribution in [1.29, 1.82) is 0 Å². The van der Waals surface area contributed by atoms with Gasteiger partial charge in [-0.2, -0.15) is 0 Å². The Hall–Kier alpha value is -2.41. The molecule has 0 radical (unpaired) electrons. The highest BCUT2D eigenvalue weighted by atomic mass is 35.5. The number of rotatable bonds is 6. The third-order valence-electron chi connectivity index (χ3n) is 4.41. The highest BCUT2D eigenvalue weighted by molar-refractivity contribution is 7.91. The van der Waals surface area contributed by atoms with Crippen molar-refractivity contribution < 1.29 is 13.2 Å². The Balaban J connectivity index is 1.89. The van der Waals surface area contributed by atoms with Gasteiger partial charge in [0.2, 0.25) is 0 Å². The number of benzene rings is 2. The standard InChI is InChI=1S/C21H18Cl2N2O3S/c1-14-4-7-17(8-5-14)29(27,28)20(16-3-2-10-24-12-16)13-25-21(26)15-6-9-18(22)19(23)11-15/h2-12,20H,13H2,1H3,(H,25,26). The highest BCUT2D eigenvalue weighted by Gasteiger charge is 2.30. The summed E-state index contributed by atoms with van der Waals surface area (Å²) in [6.45, 7) is 1.76. The lowest BCUT2D eigenvalue weighted by atomic mass is 10.2. The minimum atomic E-state index is -3.77. The second-order valence-electron chi connectivity index (χ2n) is 6.47. The van der Waals surface area contributed by atoms with Crippen LogP contribution in [0.15, 0.2) is 71.9 Å². The largest absolute Gasteiger partial charge is 0.350 e. The first-order valence-corrected chi connectivity index (χ1v) is 11.0. The summed E-state index contributed by atoms with van der Waals surface area (Å²) in [7, 11) is -3.77. The molecule has 1 amide bonds. The third kappa shape index (κ3) is 4.96. The summed E-state index contributed by atoms with van der Waals surface area (Å²) < 4.78 is 26.5. The Bertz CT molecular complexity index is 1120. The van der Waals surface area contributed by atoms with Crippen molar-refractivity contribution in [3.8, 4) is 0 Å². The number of hydrogen-bond donors (Lipinski definition) is 1. The number of halogens is 2. The number of sulfone groups is 1. The maximum atomic E-state index is 13.3. The molecule has 0 aliphatic heterocycles. The van der Waals surface area contributed by atoms with Crippen LogP contribution in [0.5, 0.6) is 0 Å². The van der Waals surface area contributed by atoms with Gasteiger partial charge in [-0.1, -0.05) is 47.0 Å². The lowest BCUT2D eigenvalue weighted by molar-refractivity contribution is 0.0953. The van der Waals surface area contributed by atoms with E-state index in [4.69, 9.17) is 23.2 Å². The van der Waals surface area contributed by atoms with Gasteiger partial charge in [-0.3, -0.25) is 9.78 Å². The highest BCUT2D eigenvalue weighted by Crippen LogP contribution is 2.28. The van der Waals surface area contributed by atoms with Gasteiger partial charge in [0.1, 0.15) is 5.25 Å². The molecule has 0 saturated carbocycles. The average Bonchev–Trinajstić information content (AvgIpc) is 2.71.